The van der Waals surface area contributed by atoms with Gasteiger partial charge in [0.05, 0.1) is 0 Å². The quantitative estimate of drug-likeness (QED) is 0.264. The summed E-state index contributed by atoms with van der Waals surface area (Å²) in [5, 5.41) is 2.67. The number of rotatable bonds is 3. The second-order valence-corrected chi connectivity index (χ2v) is 9.62. The van der Waals surface area contributed by atoms with E-state index in [2.05, 4.69) is 5.14 Å². The Morgan fingerprint density at radius 1 is 0.650 bits per heavy atom. The average molecular weight is 403 g/mol. The van der Waals surface area contributed by atoms with Crippen LogP contribution in [0.5, 0.6) is 0 Å². The molecule has 0 amide bonds. The molecule has 0 saturated heterocycles. The largest absolute Gasteiger partial charge is 1.00 e. The standard InChI is InChI=1S/CH5NO5S2.3Na.H2O6S2/c2-8(3,4)1-9(5,6)7;;;;1-7(2,3)8(4,5)6/h1H2,(H2,2,3,4)(H,5,6,7);;;;(H,1,2,3)(H,4,5,6)/q;3*+1;/p-3. The summed E-state index contributed by atoms with van der Waals surface area (Å²) in [6.07, 6.45) is 0. The van der Waals surface area contributed by atoms with Gasteiger partial charge in [-0.3, -0.25) is 0 Å². The van der Waals surface area contributed by atoms with Crippen molar-refractivity contribution in [3.8, 4) is 0 Å². The van der Waals surface area contributed by atoms with Crippen molar-refractivity contribution in [2.45, 2.75) is 0 Å². The van der Waals surface area contributed by atoms with Gasteiger partial charge in [0.15, 0.2) is 23.4 Å². The van der Waals surface area contributed by atoms with Crippen molar-refractivity contribution >= 4 is 38.4 Å². The van der Waals surface area contributed by atoms with E-state index in [-0.39, 0.29) is 88.7 Å². The van der Waals surface area contributed by atoms with Crippen molar-refractivity contribution < 1.29 is 136 Å². The van der Waals surface area contributed by atoms with Crippen LogP contribution in [0.25, 0.3) is 0 Å². The predicted octanol–water partition coefficient (Wildman–Crippen LogP) is -13.2. The molecule has 2 N–H and O–H groups in total. The number of hydrogen-bond acceptors (Lipinski definition) is 11. The zero-order chi connectivity index (χ0) is 14.7. The van der Waals surface area contributed by atoms with E-state index >= 15 is 0 Å². The molecule has 0 aliphatic heterocycles. The van der Waals surface area contributed by atoms with Crippen molar-refractivity contribution in [3.63, 3.8) is 0 Å². The third-order valence-corrected chi connectivity index (χ3v) is 5.03. The van der Waals surface area contributed by atoms with E-state index in [0.717, 1.165) is 0 Å². The van der Waals surface area contributed by atoms with Crippen molar-refractivity contribution in [2.24, 2.45) is 5.14 Å². The van der Waals surface area contributed by atoms with Gasteiger partial charge < -0.3 is 13.7 Å². The Morgan fingerprint density at radius 2 is 0.850 bits per heavy atom. The fourth-order valence-corrected chi connectivity index (χ4v) is 1.81. The molecule has 0 unspecified atom stereocenters. The molecule has 0 aromatic heterocycles. The Kier molecular flexibility index (Phi) is 20.6. The molecular formula is CH4NNa3O11S4. The third kappa shape index (κ3) is 25.6. The van der Waals surface area contributed by atoms with Gasteiger partial charge in [-0.15, -0.1) is 0 Å². The number of sulfonamides is 1. The Labute approximate surface area is 181 Å². The van der Waals surface area contributed by atoms with Crippen LogP contribution in [0.15, 0.2) is 0 Å². The first-order valence-corrected chi connectivity index (χ1v) is 9.44. The molecule has 0 radical (unpaired) electrons. The summed E-state index contributed by atoms with van der Waals surface area (Å²) >= 11 is 0. The van der Waals surface area contributed by atoms with Crippen LogP contribution < -0.4 is 93.8 Å². The molecule has 0 aromatic carbocycles. The maximum Gasteiger partial charge on any atom is 1.00 e. The molecular weight excluding hydrogens is 399 g/mol. The summed E-state index contributed by atoms with van der Waals surface area (Å²) in [6.45, 7) is 0. The molecule has 19 heteroatoms. The van der Waals surface area contributed by atoms with Gasteiger partial charge in [-0.25, -0.2) is 38.8 Å². The molecule has 12 nitrogen and oxygen atoms in total. The monoisotopic (exact) mass is 403 g/mol. The summed E-state index contributed by atoms with van der Waals surface area (Å²) in [4.78, 5) is 0. The first-order chi connectivity index (χ1) is 6.96. The molecule has 0 bridgehead atoms. The molecule has 0 aromatic rings. The number of hydrogen-bond donors (Lipinski definition) is 1. The normalized spacial score (nSPS) is 11.6. The first-order valence-electron chi connectivity index (χ1n) is 2.81. The summed E-state index contributed by atoms with van der Waals surface area (Å²) < 4.78 is 104. The summed E-state index contributed by atoms with van der Waals surface area (Å²) in [5.74, 6) is 0. The van der Waals surface area contributed by atoms with Crippen molar-refractivity contribution in [1.29, 1.82) is 0 Å². The smallest absolute Gasteiger partial charge is 0.747 e. The zero-order valence-corrected chi connectivity index (χ0v) is 19.7. The van der Waals surface area contributed by atoms with Gasteiger partial charge in [0.1, 0.15) is 10.1 Å². The van der Waals surface area contributed by atoms with Crippen LogP contribution in [0.1, 0.15) is 0 Å². The average Bonchev–Trinajstić information content (AvgIpc) is 1.71. The molecule has 0 aliphatic carbocycles. The minimum absolute atomic E-state index is 0. The van der Waals surface area contributed by atoms with Crippen molar-refractivity contribution in [3.05, 3.63) is 0 Å². The first kappa shape index (κ1) is 34.1. The summed E-state index contributed by atoms with van der Waals surface area (Å²) in [5.41, 5.74) is 0. The summed E-state index contributed by atoms with van der Waals surface area (Å²) in [7, 11) is -20.3. The van der Waals surface area contributed by atoms with Crippen molar-refractivity contribution in [2.75, 3.05) is 5.08 Å². The van der Waals surface area contributed by atoms with E-state index < -0.39 is 43.5 Å². The van der Waals surface area contributed by atoms with Crippen LogP contribution in [0.4, 0.5) is 0 Å². The third-order valence-electron chi connectivity index (χ3n) is 0.559. The zero-order valence-electron chi connectivity index (χ0n) is 10.4. The van der Waals surface area contributed by atoms with Gasteiger partial charge in [0.25, 0.3) is 0 Å². The van der Waals surface area contributed by atoms with E-state index in [1.54, 1.807) is 0 Å². The minimum atomic E-state index is -5.67. The topological polar surface area (TPSA) is 232 Å². The Balaban J connectivity index is -0.0000000655. The van der Waals surface area contributed by atoms with Crippen LogP contribution in [0.2, 0.25) is 0 Å². The molecule has 20 heavy (non-hydrogen) atoms. The predicted molar refractivity (Wildman–Crippen MR) is 47.1 cm³/mol. The van der Waals surface area contributed by atoms with Gasteiger partial charge in [-0.2, -0.15) is 0 Å². The molecule has 0 atom stereocenters. The number of primary sulfonamides is 1. The van der Waals surface area contributed by atoms with Crippen LogP contribution >= 0.6 is 0 Å². The molecule has 0 heterocycles. The molecule has 0 rings (SSSR count). The van der Waals surface area contributed by atoms with Crippen molar-refractivity contribution in [1.82, 2.24) is 0 Å². The van der Waals surface area contributed by atoms with Gasteiger partial charge in [-0.1, -0.05) is 0 Å². The maximum atomic E-state index is 9.85. The van der Waals surface area contributed by atoms with E-state index in [1.165, 1.54) is 0 Å². The Morgan fingerprint density at radius 3 is 0.850 bits per heavy atom. The van der Waals surface area contributed by atoms with Gasteiger partial charge in [0.2, 0.25) is 10.0 Å². The van der Waals surface area contributed by atoms with E-state index in [1.807, 2.05) is 0 Å². The van der Waals surface area contributed by atoms with Crippen LogP contribution in [-0.4, -0.2) is 52.4 Å². The minimum Gasteiger partial charge on any atom is -0.747 e. The van der Waals surface area contributed by atoms with Gasteiger partial charge >= 0.3 is 88.7 Å². The molecule has 106 valence electrons. The van der Waals surface area contributed by atoms with E-state index in [4.69, 9.17) is 0 Å². The maximum absolute atomic E-state index is 9.85. The molecule has 0 spiro atoms. The molecule has 0 saturated carbocycles. The second kappa shape index (κ2) is 12.1. The van der Waals surface area contributed by atoms with Crippen LogP contribution in [0, 0.1) is 0 Å². The fourth-order valence-electron chi connectivity index (χ4n) is 0.201. The van der Waals surface area contributed by atoms with Gasteiger partial charge in [0, 0.05) is 0 Å². The van der Waals surface area contributed by atoms with E-state index in [9.17, 15) is 47.3 Å². The number of nitrogens with two attached hydrogens (primary N) is 1. The molecule has 0 fully saturated rings. The Bertz CT molecular complexity index is 595. The van der Waals surface area contributed by atoms with E-state index in [0.29, 0.717) is 0 Å². The Hall–Kier alpha value is 2.64. The van der Waals surface area contributed by atoms with Crippen LogP contribution in [0.3, 0.4) is 0 Å². The van der Waals surface area contributed by atoms with Crippen LogP contribution in [-0.2, 0) is 38.4 Å². The van der Waals surface area contributed by atoms with Gasteiger partial charge in [-0.05, 0) is 0 Å². The fraction of sp³-hybridized carbons (Fsp3) is 1.00. The SMILES string of the molecule is NS(=O)(=O)CS(=O)(=O)[O-].O=S(=O)([O-])S(=O)(=O)[O-].[Na+].[Na+].[Na+]. The summed E-state index contributed by atoms with van der Waals surface area (Å²) in [6, 6.07) is 0. The second-order valence-electron chi connectivity index (χ2n) is 2.15. The molecule has 0 aliphatic rings.